The molecular weight excluding hydrogens is 271 g/mol. The van der Waals surface area contributed by atoms with Gasteiger partial charge in [0.15, 0.2) is 5.96 Å². The number of benzene rings is 1. The van der Waals surface area contributed by atoms with Crippen LogP contribution in [-0.4, -0.2) is 44.0 Å². The summed E-state index contributed by atoms with van der Waals surface area (Å²) in [5, 5.41) is 5.93. The smallest absolute Gasteiger partial charge is 0.241 e. The average Bonchev–Trinajstić information content (AvgIpc) is 2.46. The van der Waals surface area contributed by atoms with Crippen molar-refractivity contribution in [3.63, 3.8) is 0 Å². The van der Waals surface area contributed by atoms with Crippen molar-refractivity contribution in [1.82, 2.24) is 15.5 Å². The maximum atomic E-state index is 13.1. The molecule has 1 amide bonds. The molecule has 0 bridgehead atoms. The van der Waals surface area contributed by atoms with Crippen LogP contribution in [0.2, 0.25) is 0 Å². The first-order valence-corrected chi connectivity index (χ1v) is 6.60. The zero-order valence-electron chi connectivity index (χ0n) is 12.4. The van der Waals surface area contributed by atoms with Crippen molar-refractivity contribution in [2.75, 3.05) is 27.2 Å². The SMILES string of the molecule is C=CCNC(=NCc1cccc(F)c1)NCC(=O)N(C)C. The molecule has 2 N–H and O–H groups in total. The Balaban J connectivity index is 2.65. The van der Waals surface area contributed by atoms with Gasteiger partial charge in [0.05, 0.1) is 13.1 Å². The van der Waals surface area contributed by atoms with Gasteiger partial charge < -0.3 is 15.5 Å². The van der Waals surface area contributed by atoms with Gasteiger partial charge in [-0.15, -0.1) is 6.58 Å². The first-order chi connectivity index (χ1) is 10.0. The normalized spacial score (nSPS) is 10.9. The van der Waals surface area contributed by atoms with E-state index in [0.29, 0.717) is 19.0 Å². The summed E-state index contributed by atoms with van der Waals surface area (Å²) in [6.45, 7) is 4.59. The fourth-order valence-corrected chi connectivity index (χ4v) is 1.47. The van der Waals surface area contributed by atoms with Gasteiger partial charge in [0.2, 0.25) is 5.91 Å². The summed E-state index contributed by atoms with van der Waals surface area (Å²) in [6.07, 6.45) is 1.69. The van der Waals surface area contributed by atoms with Crippen LogP contribution >= 0.6 is 0 Å². The zero-order chi connectivity index (χ0) is 15.7. The van der Waals surface area contributed by atoms with E-state index in [2.05, 4.69) is 22.2 Å². The number of nitrogens with zero attached hydrogens (tertiary/aromatic N) is 2. The van der Waals surface area contributed by atoms with Gasteiger partial charge >= 0.3 is 0 Å². The molecule has 0 saturated heterocycles. The number of nitrogens with one attached hydrogen (secondary N) is 2. The van der Waals surface area contributed by atoms with Crippen molar-refractivity contribution >= 4 is 11.9 Å². The molecule has 0 atom stereocenters. The minimum atomic E-state index is -0.293. The van der Waals surface area contributed by atoms with E-state index in [0.717, 1.165) is 5.56 Å². The number of likely N-dealkylation sites (N-methyl/N-ethyl adjacent to an activating group) is 1. The molecule has 21 heavy (non-hydrogen) atoms. The number of amides is 1. The number of halogens is 1. The van der Waals surface area contributed by atoms with Crippen LogP contribution in [0.1, 0.15) is 5.56 Å². The maximum absolute atomic E-state index is 13.1. The van der Waals surface area contributed by atoms with Gasteiger partial charge in [-0.05, 0) is 17.7 Å². The van der Waals surface area contributed by atoms with Crippen molar-refractivity contribution in [3.05, 3.63) is 48.3 Å². The van der Waals surface area contributed by atoms with Crippen LogP contribution in [0.25, 0.3) is 0 Å². The quantitative estimate of drug-likeness (QED) is 0.469. The Labute approximate surface area is 124 Å². The summed E-state index contributed by atoms with van der Waals surface area (Å²) in [6, 6.07) is 6.25. The second-order valence-corrected chi connectivity index (χ2v) is 4.61. The highest BCUT2D eigenvalue weighted by molar-refractivity contribution is 5.86. The second-order valence-electron chi connectivity index (χ2n) is 4.61. The molecule has 0 radical (unpaired) electrons. The summed E-state index contributed by atoms with van der Waals surface area (Å²) in [4.78, 5) is 17.4. The summed E-state index contributed by atoms with van der Waals surface area (Å²) in [5.74, 6) is 0.127. The number of carbonyl (C=O) groups is 1. The fourth-order valence-electron chi connectivity index (χ4n) is 1.47. The van der Waals surface area contributed by atoms with Crippen LogP contribution in [0.5, 0.6) is 0 Å². The van der Waals surface area contributed by atoms with Gasteiger partial charge in [0.1, 0.15) is 5.82 Å². The minimum absolute atomic E-state index is 0.0612. The van der Waals surface area contributed by atoms with Gasteiger partial charge in [0.25, 0.3) is 0 Å². The predicted octanol–water partition coefficient (Wildman–Crippen LogP) is 1.14. The van der Waals surface area contributed by atoms with Gasteiger partial charge in [-0.1, -0.05) is 18.2 Å². The Morgan fingerprint density at radius 2 is 2.19 bits per heavy atom. The number of rotatable bonds is 6. The summed E-state index contributed by atoms with van der Waals surface area (Å²) < 4.78 is 13.1. The molecule has 1 aromatic carbocycles. The third kappa shape index (κ3) is 6.56. The Hall–Kier alpha value is -2.37. The lowest BCUT2D eigenvalue weighted by molar-refractivity contribution is -0.127. The first kappa shape index (κ1) is 16.7. The maximum Gasteiger partial charge on any atom is 0.241 e. The van der Waals surface area contributed by atoms with Crippen LogP contribution in [0.4, 0.5) is 4.39 Å². The Morgan fingerprint density at radius 3 is 2.81 bits per heavy atom. The van der Waals surface area contributed by atoms with Gasteiger partial charge in [-0.3, -0.25) is 4.79 Å². The summed E-state index contributed by atoms with van der Waals surface area (Å²) >= 11 is 0. The van der Waals surface area contributed by atoms with E-state index in [4.69, 9.17) is 0 Å². The van der Waals surface area contributed by atoms with Crippen LogP contribution in [0.15, 0.2) is 41.9 Å². The molecule has 0 spiro atoms. The monoisotopic (exact) mass is 292 g/mol. The largest absolute Gasteiger partial charge is 0.353 e. The van der Waals surface area contributed by atoms with E-state index >= 15 is 0 Å². The third-order valence-corrected chi connectivity index (χ3v) is 2.63. The molecule has 0 saturated carbocycles. The van der Waals surface area contributed by atoms with Crippen LogP contribution in [0, 0.1) is 5.82 Å². The van der Waals surface area contributed by atoms with Crippen molar-refractivity contribution < 1.29 is 9.18 Å². The predicted molar refractivity (Wildman–Crippen MR) is 82.4 cm³/mol. The van der Waals surface area contributed by atoms with Gasteiger partial charge in [0, 0.05) is 20.6 Å². The van der Waals surface area contributed by atoms with E-state index in [9.17, 15) is 9.18 Å². The topological polar surface area (TPSA) is 56.7 Å². The third-order valence-electron chi connectivity index (χ3n) is 2.63. The summed E-state index contributed by atoms with van der Waals surface area (Å²) in [5.41, 5.74) is 0.758. The van der Waals surface area contributed by atoms with Gasteiger partial charge in [-0.25, -0.2) is 9.38 Å². The lowest BCUT2D eigenvalue weighted by Gasteiger charge is -2.14. The molecule has 114 valence electrons. The van der Waals surface area contributed by atoms with Crippen molar-refractivity contribution in [3.8, 4) is 0 Å². The minimum Gasteiger partial charge on any atom is -0.353 e. The Bertz CT molecular complexity index is 514. The molecule has 0 unspecified atom stereocenters. The van der Waals surface area contributed by atoms with E-state index in [1.165, 1.54) is 17.0 Å². The Morgan fingerprint density at radius 1 is 1.43 bits per heavy atom. The molecule has 1 aromatic rings. The number of hydrogen-bond donors (Lipinski definition) is 2. The zero-order valence-corrected chi connectivity index (χ0v) is 12.4. The molecule has 6 heteroatoms. The second kappa shape index (κ2) is 8.73. The lowest BCUT2D eigenvalue weighted by atomic mass is 10.2. The molecule has 1 rings (SSSR count). The van der Waals surface area contributed by atoms with Crippen molar-refractivity contribution in [2.24, 2.45) is 4.99 Å². The molecule has 0 aliphatic carbocycles. The number of carbonyl (C=O) groups excluding carboxylic acids is 1. The van der Waals surface area contributed by atoms with E-state index in [1.54, 1.807) is 32.3 Å². The molecule has 0 aliphatic heterocycles. The standard InChI is InChI=1S/C15H21FN4O/c1-4-8-17-15(19-11-14(21)20(2)3)18-10-12-6-5-7-13(16)9-12/h4-7,9H,1,8,10-11H2,2-3H3,(H2,17,18,19). The number of aliphatic imine (C=N–C) groups is 1. The highest BCUT2D eigenvalue weighted by atomic mass is 19.1. The van der Waals surface area contributed by atoms with E-state index in [-0.39, 0.29) is 18.3 Å². The van der Waals surface area contributed by atoms with Crippen molar-refractivity contribution in [2.45, 2.75) is 6.54 Å². The highest BCUT2D eigenvalue weighted by Crippen LogP contribution is 2.04. The molecule has 0 heterocycles. The van der Waals surface area contributed by atoms with Crippen molar-refractivity contribution in [1.29, 1.82) is 0 Å². The molecular formula is C15H21FN4O. The molecule has 0 aromatic heterocycles. The molecule has 0 aliphatic rings. The van der Waals surface area contributed by atoms with E-state index in [1.807, 2.05) is 0 Å². The molecule has 5 nitrogen and oxygen atoms in total. The fraction of sp³-hybridized carbons (Fsp3) is 0.333. The summed E-state index contributed by atoms with van der Waals surface area (Å²) in [7, 11) is 3.37. The highest BCUT2D eigenvalue weighted by Gasteiger charge is 2.05. The number of hydrogen-bond acceptors (Lipinski definition) is 2. The van der Waals surface area contributed by atoms with Crippen LogP contribution in [0.3, 0.4) is 0 Å². The lowest BCUT2D eigenvalue weighted by Crippen LogP contribution is -2.43. The molecule has 0 fully saturated rings. The number of guanidine groups is 1. The first-order valence-electron chi connectivity index (χ1n) is 6.60. The van der Waals surface area contributed by atoms with Crippen LogP contribution in [-0.2, 0) is 11.3 Å². The van der Waals surface area contributed by atoms with Crippen LogP contribution < -0.4 is 10.6 Å². The van der Waals surface area contributed by atoms with Gasteiger partial charge in [-0.2, -0.15) is 0 Å². The Kier molecular flexibility index (Phi) is 6.94. The average molecular weight is 292 g/mol. The van der Waals surface area contributed by atoms with E-state index < -0.39 is 0 Å².